The average molecular weight is 639 g/mol. The zero-order chi connectivity index (χ0) is 28.9. The summed E-state index contributed by atoms with van der Waals surface area (Å²) in [7, 11) is 5.66. The number of aromatic nitrogens is 4. The van der Waals surface area contributed by atoms with Crippen LogP contribution >= 0.6 is 27.9 Å². The molecule has 0 spiro atoms. The van der Waals surface area contributed by atoms with Crippen molar-refractivity contribution in [1.29, 1.82) is 0 Å². The summed E-state index contributed by atoms with van der Waals surface area (Å²) in [5, 5.41) is 6.72. The minimum atomic E-state index is 0.0222. The van der Waals surface area contributed by atoms with Crippen LogP contribution in [-0.2, 0) is 6.54 Å². The first-order valence-electron chi connectivity index (χ1n) is 13.1. The lowest BCUT2D eigenvalue weighted by Gasteiger charge is -2.32. The molecule has 2 aromatic heterocycles. The minimum absolute atomic E-state index is 0.0222. The van der Waals surface area contributed by atoms with Gasteiger partial charge in [-0.2, -0.15) is 4.98 Å². The maximum absolute atomic E-state index is 13.0. The quantitative estimate of drug-likeness (QED) is 0.250. The van der Waals surface area contributed by atoms with Crippen LogP contribution in [0.15, 0.2) is 53.4 Å². The van der Waals surface area contributed by atoms with Crippen LogP contribution in [0.1, 0.15) is 15.9 Å². The van der Waals surface area contributed by atoms with Gasteiger partial charge in [-0.1, -0.05) is 18.0 Å². The lowest BCUT2D eigenvalue weighted by atomic mass is 10.1. The fourth-order valence-electron chi connectivity index (χ4n) is 4.59. The van der Waals surface area contributed by atoms with Crippen molar-refractivity contribution in [2.24, 2.45) is 0 Å². The molecule has 1 saturated heterocycles. The number of rotatable bonds is 9. The Morgan fingerprint density at radius 3 is 2.66 bits per heavy atom. The molecular formula is C28H32BrN9O2S. The van der Waals surface area contributed by atoms with Crippen LogP contribution in [0.3, 0.4) is 0 Å². The number of fused-ring (bicyclic) bond motifs is 1. The van der Waals surface area contributed by atoms with Gasteiger partial charge in [0.2, 0.25) is 5.95 Å². The standard InChI is InChI=1S/C28H32BrN9O2S/c1-36-11-13-38(14-12-36)27(39)18-5-6-19(23(15-18)40-3)16-32-28-33-17-20(29)26(35-28)34-22-8-7-21-24(31-10-9-30-21)25(22)37(2)41-4/h5-10,15,17H,11-14,16H2,1-4H3,(H2,32,33,34,35). The van der Waals surface area contributed by atoms with Crippen LogP contribution in [0.2, 0.25) is 0 Å². The number of methoxy groups -OCH3 is 1. The van der Waals surface area contributed by atoms with Crippen molar-refractivity contribution >= 4 is 68.0 Å². The van der Waals surface area contributed by atoms with Crippen molar-refractivity contribution in [3.8, 4) is 5.75 Å². The number of halogens is 1. The first-order chi connectivity index (χ1) is 19.9. The number of carbonyl (C=O) groups is 1. The first-order valence-corrected chi connectivity index (χ1v) is 15.0. The van der Waals surface area contributed by atoms with Gasteiger partial charge in [0.05, 0.1) is 28.5 Å². The van der Waals surface area contributed by atoms with Crippen molar-refractivity contribution in [2.75, 3.05) is 68.6 Å². The van der Waals surface area contributed by atoms with Crippen molar-refractivity contribution < 1.29 is 9.53 Å². The third-order valence-corrected chi connectivity index (χ3v) is 8.27. The molecule has 3 heterocycles. The van der Waals surface area contributed by atoms with Crippen LogP contribution < -0.4 is 19.7 Å². The molecule has 2 N–H and O–H groups in total. The van der Waals surface area contributed by atoms with E-state index in [1.807, 2.05) is 46.8 Å². The molecular weight excluding hydrogens is 606 g/mol. The molecule has 0 bridgehead atoms. The maximum atomic E-state index is 13.0. The van der Waals surface area contributed by atoms with Gasteiger partial charge < -0.3 is 29.5 Å². The number of nitrogens with zero attached hydrogens (tertiary/aromatic N) is 7. The van der Waals surface area contributed by atoms with E-state index >= 15 is 0 Å². The lowest BCUT2D eigenvalue weighted by molar-refractivity contribution is 0.0663. The Balaban J connectivity index is 1.33. The van der Waals surface area contributed by atoms with Gasteiger partial charge in [-0.15, -0.1) is 0 Å². The fraction of sp³-hybridized carbons (Fsp3) is 0.321. The number of benzene rings is 2. The number of hydrogen-bond donors (Lipinski definition) is 2. The Kier molecular flexibility index (Phi) is 9.06. The summed E-state index contributed by atoms with van der Waals surface area (Å²) >= 11 is 5.15. The van der Waals surface area contributed by atoms with E-state index in [1.54, 1.807) is 43.7 Å². The lowest BCUT2D eigenvalue weighted by Crippen LogP contribution is -2.47. The molecule has 0 radical (unpaired) electrons. The molecule has 1 aliphatic rings. The highest BCUT2D eigenvalue weighted by Gasteiger charge is 2.21. The van der Waals surface area contributed by atoms with Crippen molar-refractivity contribution in [3.63, 3.8) is 0 Å². The van der Waals surface area contributed by atoms with Gasteiger partial charge >= 0.3 is 0 Å². The summed E-state index contributed by atoms with van der Waals surface area (Å²) in [5.74, 6) is 1.70. The Labute approximate surface area is 252 Å². The zero-order valence-electron chi connectivity index (χ0n) is 23.4. The molecule has 4 aromatic rings. The van der Waals surface area contributed by atoms with Gasteiger partial charge in [0.25, 0.3) is 5.91 Å². The zero-order valence-corrected chi connectivity index (χ0v) is 25.8. The summed E-state index contributed by atoms with van der Waals surface area (Å²) < 4.78 is 8.39. The van der Waals surface area contributed by atoms with Crippen molar-refractivity contribution in [1.82, 2.24) is 29.7 Å². The Bertz CT molecular complexity index is 1550. The van der Waals surface area contributed by atoms with E-state index in [9.17, 15) is 4.79 Å². The number of ether oxygens (including phenoxy) is 1. The van der Waals surface area contributed by atoms with Gasteiger partial charge in [0.15, 0.2) is 0 Å². The predicted molar refractivity (Wildman–Crippen MR) is 168 cm³/mol. The second kappa shape index (κ2) is 12.9. The van der Waals surface area contributed by atoms with Gasteiger partial charge in [-0.3, -0.25) is 14.8 Å². The van der Waals surface area contributed by atoms with E-state index in [0.29, 0.717) is 34.1 Å². The Morgan fingerprint density at radius 1 is 1.12 bits per heavy atom. The third kappa shape index (κ3) is 6.47. The van der Waals surface area contributed by atoms with Crippen LogP contribution in [0.5, 0.6) is 5.75 Å². The Morgan fingerprint density at radius 2 is 1.90 bits per heavy atom. The number of likely N-dealkylation sites (N-methyl/N-ethyl adjacent to an activating group) is 1. The van der Waals surface area contributed by atoms with Gasteiger partial charge in [-0.05, 0) is 47.2 Å². The molecule has 1 fully saturated rings. The molecule has 1 amide bonds. The number of nitrogens with one attached hydrogen (secondary N) is 2. The maximum Gasteiger partial charge on any atom is 0.254 e. The van der Waals surface area contributed by atoms with E-state index in [4.69, 9.17) is 9.72 Å². The molecule has 1 aliphatic heterocycles. The normalized spacial score (nSPS) is 13.7. The van der Waals surface area contributed by atoms with Crippen LogP contribution in [0, 0.1) is 0 Å². The molecule has 11 nitrogen and oxygen atoms in total. The van der Waals surface area contributed by atoms with E-state index in [0.717, 1.165) is 54.2 Å². The second-order valence-electron chi connectivity index (χ2n) is 9.56. The van der Waals surface area contributed by atoms with Gasteiger partial charge in [-0.25, -0.2) is 4.98 Å². The van der Waals surface area contributed by atoms with Crippen LogP contribution in [0.25, 0.3) is 11.0 Å². The largest absolute Gasteiger partial charge is 0.496 e. The average Bonchev–Trinajstić information content (AvgIpc) is 3.00. The number of piperazine rings is 1. The fourth-order valence-corrected chi connectivity index (χ4v) is 5.25. The highest BCUT2D eigenvalue weighted by atomic mass is 79.9. The van der Waals surface area contributed by atoms with E-state index in [2.05, 4.69) is 53.5 Å². The SMILES string of the molecule is COc1cc(C(=O)N2CCN(C)CC2)ccc1CNc1ncc(Br)c(Nc2ccc3nccnc3c2N(C)SC)n1. The van der Waals surface area contributed by atoms with Crippen LogP contribution in [0.4, 0.5) is 23.1 Å². The molecule has 2 aromatic carbocycles. The van der Waals surface area contributed by atoms with Crippen LogP contribution in [-0.4, -0.2) is 89.3 Å². The first kappa shape index (κ1) is 28.8. The number of carbonyl (C=O) groups excluding carboxylic acids is 1. The van der Waals surface area contributed by atoms with E-state index < -0.39 is 0 Å². The smallest absolute Gasteiger partial charge is 0.254 e. The van der Waals surface area contributed by atoms with Crippen molar-refractivity contribution in [3.05, 3.63) is 64.5 Å². The molecule has 41 heavy (non-hydrogen) atoms. The number of amides is 1. The monoisotopic (exact) mass is 637 g/mol. The summed E-state index contributed by atoms with van der Waals surface area (Å²) in [6.07, 6.45) is 7.08. The number of hydrogen-bond acceptors (Lipinski definition) is 11. The summed E-state index contributed by atoms with van der Waals surface area (Å²) in [6.45, 7) is 3.61. The van der Waals surface area contributed by atoms with Crippen molar-refractivity contribution in [2.45, 2.75) is 6.54 Å². The minimum Gasteiger partial charge on any atom is -0.496 e. The summed E-state index contributed by atoms with van der Waals surface area (Å²) in [5.41, 5.74) is 4.84. The molecule has 0 unspecified atom stereocenters. The molecule has 0 atom stereocenters. The second-order valence-corrected chi connectivity index (χ2v) is 11.3. The summed E-state index contributed by atoms with van der Waals surface area (Å²) in [6, 6.07) is 9.47. The van der Waals surface area contributed by atoms with E-state index in [-0.39, 0.29) is 5.91 Å². The highest BCUT2D eigenvalue weighted by Crippen LogP contribution is 2.37. The Hall–Kier alpha value is -3.68. The molecule has 13 heteroatoms. The topological polar surface area (TPSA) is 112 Å². The number of anilines is 4. The predicted octanol–water partition coefficient (Wildman–Crippen LogP) is 4.65. The van der Waals surface area contributed by atoms with Gasteiger partial charge in [0.1, 0.15) is 17.1 Å². The van der Waals surface area contributed by atoms with Gasteiger partial charge in [0, 0.05) is 75.7 Å². The molecule has 214 valence electrons. The molecule has 0 aliphatic carbocycles. The highest BCUT2D eigenvalue weighted by molar-refractivity contribution is 9.10. The third-order valence-electron chi connectivity index (χ3n) is 6.96. The van der Waals surface area contributed by atoms with E-state index in [1.165, 1.54) is 0 Å². The summed E-state index contributed by atoms with van der Waals surface area (Å²) in [4.78, 5) is 35.3. The molecule has 0 saturated carbocycles. The molecule has 5 rings (SSSR count).